The lowest BCUT2D eigenvalue weighted by Crippen LogP contribution is -2.24. The lowest BCUT2D eigenvalue weighted by Gasteiger charge is -2.25. The number of benzene rings is 1. The first-order valence-electron chi connectivity index (χ1n) is 6.86. The molecule has 1 aromatic heterocycles. The zero-order valence-corrected chi connectivity index (χ0v) is 12.5. The maximum absolute atomic E-state index is 8.97. The lowest BCUT2D eigenvalue weighted by atomic mass is 10.1. The molecule has 0 spiro atoms. The minimum Gasteiger partial charge on any atom is -0.409 e. The number of rotatable bonds is 4. The SMILES string of the molecule is CCN(c1cccc(C)c1)c1nc(C)ccc1C(N)=NO. The number of oxime groups is 1. The van der Waals surface area contributed by atoms with Gasteiger partial charge in [-0.05, 0) is 50.6 Å². The highest BCUT2D eigenvalue weighted by Gasteiger charge is 2.16. The number of aryl methyl sites for hydroxylation is 2. The minimum absolute atomic E-state index is 0.0589. The number of nitrogens with two attached hydrogens (primary N) is 1. The van der Waals surface area contributed by atoms with Crippen LogP contribution in [0.5, 0.6) is 0 Å². The van der Waals surface area contributed by atoms with Crippen molar-refractivity contribution < 1.29 is 5.21 Å². The highest BCUT2D eigenvalue weighted by atomic mass is 16.4. The molecule has 2 rings (SSSR count). The van der Waals surface area contributed by atoms with E-state index in [1.54, 1.807) is 0 Å². The molecule has 1 heterocycles. The van der Waals surface area contributed by atoms with Gasteiger partial charge in [0.1, 0.15) is 5.82 Å². The van der Waals surface area contributed by atoms with Crippen LogP contribution in [0.15, 0.2) is 41.6 Å². The van der Waals surface area contributed by atoms with Gasteiger partial charge >= 0.3 is 0 Å². The van der Waals surface area contributed by atoms with Crippen molar-refractivity contribution in [1.29, 1.82) is 0 Å². The van der Waals surface area contributed by atoms with E-state index in [-0.39, 0.29) is 5.84 Å². The Kier molecular flexibility index (Phi) is 4.42. The van der Waals surface area contributed by atoms with Gasteiger partial charge in [0, 0.05) is 17.9 Å². The highest BCUT2D eigenvalue weighted by molar-refractivity contribution is 6.02. The highest BCUT2D eigenvalue weighted by Crippen LogP contribution is 2.27. The number of nitrogens with zero attached hydrogens (tertiary/aromatic N) is 3. The zero-order chi connectivity index (χ0) is 15.4. The molecule has 0 unspecified atom stereocenters. The van der Waals surface area contributed by atoms with Gasteiger partial charge < -0.3 is 15.8 Å². The Morgan fingerprint density at radius 2 is 2.05 bits per heavy atom. The fraction of sp³-hybridized carbons (Fsp3) is 0.250. The van der Waals surface area contributed by atoms with Gasteiger partial charge in [0.05, 0.1) is 5.56 Å². The van der Waals surface area contributed by atoms with Gasteiger partial charge in [-0.25, -0.2) is 4.98 Å². The molecule has 0 bridgehead atoms. The molecule has 0 aliphatic rings. The van der Waals surface area contributed by atoms with Crippen LogP contribution in [0.3, 0.4) is 0 Å². The predicted octanol–water partition coefficient (Wildman–Crippen LogP) is 2.95. The summed E-state index contributed by atoms with van der Waals surface area (Å²) in [6.45, 7) is 6.74. The van der Waals surface area contributed by atoms with Gasteiger partial charge in [-0.2, -0.15) is 0 Å². The van der Waals surface area contributed by atoms with Crippen molar-refractivity contribution in [3.63, 3.8) is 0 Å². The van der Waals surface area contributed by atoms with Crippen LogP contribution < -0.4 is 10.6 Å². The van der Waals surface area contributed by atoms with E-state index in [0.717, 1.165) is 17.9 Å². The van der Waals surface area contributed by atoms with Crippen molar-refractivity contribution in [2.45, 2.75) is 20.8 Å². The smallest absolute Gasteiger partial charge is 0.173 e. The number of pyridine rings is 1. The first-order chi connectivity index (χ1) is 10.1. The quantitative estimate of drug-likeness (QED) is 0.392. The van der Waals surface area contributed by atoms with E-state index >= 15 is 0 Å². The first-order valence-corrected chi connectivity index (χ1v) is 6.86. The van der Waals surface area contributed by atoms with E-state index in [1.807, 2.05) is 56.0 Å². The predicted molar refractivity (Wildman–Crippen MR) is 85.3 cm³/mol. The Morgan fingerprint density at radius 1 is 1.29 bits per heavy atom. The standard InChI is InChI=1S/C16H20N4O/c1-4-20(13-7-5-6-11(2)10-13)16-14(15(17)19-21)9-8-12(3)18-16/h5-10,21H,4H2,1-3H3,(H2,17,19). The van der Waals surface area contributed by atoms with E-state index in [0.29, 0.717) is 11.4 Å². The van der Waals surface area contributed by atoms with Crippen LogP contribution in [0.4, 0.5) is 11.5 Å². The third-order valence-corrected chi connectivity index (χ3v) is 3.28. The van der Waals surface area contributed by atoms with Crippen LogP contribution in [0.25, 0.3) is 0 Å². The number of anilines is 2. The van der Waals surface area contributed by atoms with Gasteiger partial charge in [0.2, 0.25) is 0 Å². The maximum atomic E-state index is 8.97. The van der Waals surface area contributed by atoms with Crippen molar-refractivity contribution in [2.24, 2.45) is 10.9 Å². The molecule has 0 amide bonds. The van der Waals surface area contributed by atoms with Crippen LogP contribution >= 0.6 is 0 Å². The lowest BCUT2D eigenvalue weighted by molar-refractivity contribution is 0.318. The van der Waals surface area contributed by atoms with Crippen molar-refractivity contribution in [1.82, 2.24) is 4.98 Å². The molecule has 0 saturated carbocycles. The summed E-state index contributed by atoms with van der Waals surface area (Å²) >= 11 is 0. The van der Waals surface area contributed by atoms with Gasteiger partial charge in [-0.1, -0.05) is 17.3 Å². The minimum atomic E-state index is 0.0589. The van der Waals surface area contributed by atoms with Crippen molar-refractivity contribution >= 4 is 17.3 Å². The van der Waals surface area contributed by atoms with Crippen LogP contribution in [0.2, 0.25) is 0 Å². The molecule has 0 atom stereocenters. The molecular weight excluding hydrogens is 264 g/mol. The largest absolute Gasteiger partial charge is 0.409 e. The summed E-state index contributed by atoms with van der Waals surface area (Å²) < 4.78 is 0. The number of aromatic nitrogens is 1. The average Bonchev–Trinajstić information content (AvgIpc) is 2.47. The Labute approximate surface area is 124 Å². The number of hydrogen-bond acceptors (Lipinski definition) is 4. The van der Waals surface area contributed by atoms with Gasteiger partial charge in [-0.3, -0.25) is 0 Å². The topological polar surface area (TPSA) is 74.7 Å². The molecule has 1 aromatic carbocycles. The summed E-state index contributed by atoms with van der Waals surface area (Å²) in [6, 6.07) is 11.8. The molecule has 2 aromatic rings. The van der Waals surface area contributed by atoms with Crippen LogP contribution in [-0.4, -0.2) is 22.6 Å². The molecule has 0 fully saturated rings. The maximum Gasteiger partial charge on any atom is 0.173 e. The summed E-state index contributed by atoms with van der Waals surface area (Å²) in [6.07, 6.45) is 0. The molecular formula is C16H20N4O. The zero-order valence-electron chi connectivity index (χ0n) is 12.5. The Morgan fingerprint density at radius 3 is 2.67 bits per heavy atom. The summed E-state index contributed by atoms with van der Waals surface area (Å²) in [7, 11) is 0. The second-order valence-corrected chi connectivity index (χ2v) is 4.89. The molecule has 0 radical (unpaired) electrons. The molecule has 5 nitrogen and oxygen atoms in total. The average molecular weight is 284 g/mol. The van der Waals surface area contributed by atoms with E-state index in [1.165, 1.54) is 5.56 Å². The Bertz CT molecular complexity index is 667. The molecule has 110 valence electrons. The van der Waals surface area contributed by atoms with Gasteiger partial charge in [-0.15, -0.1) is 0 Å². The number of hydrogen-bond donors (Lipinski definition) is 2. The Hall–Kier alpha value is -2.56. The van der Waals surface area contributed by atoms with Crippen LogP contribution in [0, 0.1) is 13.8 Å². The summed E-state index contributed by atoms with van der Waals surface area (Å²) in [5.41, 5.74) is 9.48. The summed E-state index contributed by atoms with van der Waals surface area (Å²) in [4.78, 5) is 6.62. The van der Waals surface area contributed by atoms with E-state index in [2.05, 4.69) is 16.2 Å². The normalized spacial score (nSPS) is 11.5. The van der Waals surface area contributed by atoms with Crippen LogP contribution in [0.1, 0.15) is 23.7 Å². The third kappa shape index (κ3) is 3.13. The molecule has 5 heteroatoms. The van der Waals surface area contributed by atoms with E-state index in [4.69, 9.17) is 10.9 Å². The van der Waals surface area contributed by atoms with E-state index < -0.39 is 0 Å². The van der Waals surface area contributed by atoms with Crippen LogP contribution in [-0.2, 0) is 0 Å². The first kappa shape index (κ1) is 14.8. The second-order valence-electron chi connectivity index (χ2n) is 4.89. The van der Waals surface area contributed by atoms with Crippen molar-refractivity contribution in [3.8, 4) is 0 Å². The molecule has 21 heavy (non-hydrogen) atoms. The van der Waals surface area contributed by atoms with E-state index in [9.17, 15) is 0 Å². The monoisotopic (exact) mass is 284 g/mol. The molecule has 0 aliphatic heterocycles. The molecule has 0 saturated heterocycles. The van der Waals surface area contributed by atoms with Gasteiger partial charge in [0.15, 0.2) is 5.84 Å². The second kappa shape index (κ2) is 6.26. The fourth-order valence-corrected chi connectivity index (χ4v) is 2.25. The van der Waals surface area contributed by atoms with Crippen molar-refractivity contribution in [2.75, 3.05) is 11.4 Å². The Balaban J connectivity index is 2.59. The van der Waals surface area contributed by atoms with Gasteiger partial charge in [0.25, 0.3) is 0 Å². The third-order valence-electron chi connectivity index (χ3n) is 3.28. The molecule has 3 N–H and O–H groups in total. The number of amidine groups is 1. The fourth-order valence-electron chi connectivity index (χ4n) is 2.25. The van der Waals surface area contributed by atoms with Crippen molar-refractivity contribution in [3.05, 3.63) is 53.2 Å². The summed E-state index contributed by atoms with van der Waals surface area (Å²) in [5.74, 6) is 0.752. The molecule has 0 aliphatic carbocycles. The summed E-state index contributed by atoms with van der Waals surface area (Å²) in [5, 5.41) is 12.1.